The molecule has 0 aromatic heterocycles. The van der Waals surface area contributed by atoms with Crippen LogP contribution in [0, 0.1) is 13.8 Å². The third-order valence-corrected chi connectivity index (χ3v) is 2.99. The van der Waals surface area contributed by atoms with E-state index in [1.807, 2.05) is 13.8 Å². The van der Waals surface area contributed by atoms with E-state index in [4.69, 9.17) is 15.6 Å². The number of carboxylic acids is 1. The number of benzene rings is 1. The summed E-state index contributed by atoms with van der Waals surface area (Å²) in [5.74, 6) is -0.490. The van der Waals surface area contributed by atoms with Crippen molar-refractivity contribution in [2.24, 2.45) is 5.73 Å². The van der Waals surface area contributed by atoms with Gasteiger partial charge in [0.15, 0.2) is 5.78 Å². The molecule has 0 aliphatic carbocycles. The first-order valence-corrected chi connectivity index (χ1v) is 6.03. The molecule has 0 aliphatic heterocycles. The summed E-state index contributed by atoms with van der Waals surface area (Å²) in [6.45, 7) is 3.62. The van der Waals surface area contributed by atoms with Gasteiger partial charge in [-0.2, -0.15) is 0 Å². The SMILES string of the molecule is COc1cc(C)c(C(=O)C(N)CCC(=O)O)c(C)c1. The molecule has 0 aliphatic rings. The molecule has 0 saturated heterocycles. The maximum absolute atomic E-state index is 12.2. The summed E-state index contributed by atoms with van der Waals surface area (Å²) in [4.78, 5) is 22.7. The normalized spacial score (nSPS) is 12.0. The van der Waals surface area contributed by atoms with Crippen molar-refractivity contribution >= 4 is 11.8 Å². The van der Waals surface area contributed by atoms with Crippen molar-refractivity contribution in [1.82, 2.24) is 0 Å². The van der Waals surface area contributed by atoms with E-state index in [-0.39, 0.29) is 18.6 Å². The molecule has 0 bridgehead atoms. The summed E-state index contributed by atoms with van der Waals surface area (Å²) in [6, 6.07) is 2.75. The van der Waals surface area contributed by atoms with Crippen LogP contribution >= 0.6 is 0 Å². The summed E-state index contributed by atoms with van der Waals surface area (Å²) in [6.07, 6.45) is 0.0280. The van der Waals surface area contributed by atoms with Crippen LogP contribution in [0.1, 0.15) is 34.3 Å². The Morgan fingerprint density at radius 2 is 1.84 bits per heavy atom. The zero-order chi connectivity index (χ0) is 14.6. The predicted molar refractivity (Wildman–Crippen MR) is 71.6 cm³/mol. The van der Waals surface area contributed by atoms with E-state index in [9.17, 15) is 9.59 Å². The lowest BCUT2D eigenvalue weighted by Crippen LogP contribution is -2.32. The molecule has 0 amide bonds. The maximum atomic E-state index is 12.2. The first-order chi connectivity index (χ1) is 8.86. The topological polar surface area (TPSA) is 89.6 Å². The molecule has 5 nitrogen and oxygen atoms in total. The van der Waals surface area contributed by atoms with Crippen LogP contribution in [0.2, 0.25) is 0 Å². The number of ketones is 1. The lowest BCUT2D eigenvalue weighted by Gasteiger charge is -2.15. The quantitative estimate of drug-likeness (QED) is 0.764. The summed E-state index contributed by atoms with van der Waals surface area (Å²) < 4.78 is 5.13. The first-order valence-electron chi connectivity index (χ1n) is 6.03. The number of hydrogen-bond donors (Lipinski definition) is 2. The van der Waals surface area contributed by atoms with Crippen LogP contribution in [0.5, 0.6) is 5.75 Å². The maximum Gasteiger partial charge on any atom is 0.303 e. The van der Waals surface area contributed by atoms with Crippen LogP contribution in [0.3, 0.4) is 0 Å². The number of carbonyl (C=O) groups is 2. The second kappa shape index (κ2) is 6.33. The zero-order valence-corrected chi connectivity index (χ0v) is 11.4. The van der Waals surface area contributed by atoms with Gasteiger partial charge in [-0.05, 0) is 43.5 Å². The Hall–Kier alpha value is -1.88. The summed E-state index contributed by atoms with van der Waals surface area (Å²) >= 11 is 0. The summed E-state index contributed by atoms with van der Waals surface area (Å²) in [5, 5.41) is 8.61. The van der Waals surface area contributed by atoms with E-state index < -0.39 is 12.0 Å². The van der Waals surface area contributed by atoms with Crippen molar-refractivity contribution in [3.8, 4) is 5.75 Å². The second-order valence-corrected chi connectivity index (χ2v) is 4.54. The van der Waals surface area contributed by atoms with E-state index in [2.05, 4.69) is 0 Å². The van der Waals surface area contributed by atoms with Gasteiger partial charge in [0.1, 0.15) is 5.75 Å². The second-order valence-electron chi connectivity index (χ2n) is 4.54. The van der Waals surface area contributed by atoms with Gasteiger partial charge in [0.25, 0.3) is 0 Å². The van der Waals surface area contributed by atoms with Gasteiger partial charge >= 0.3 is 5.97 Å². The monoisotopic (exact) mass is 265 g/mol. The fourth-order valence-corrected chi connectivity index (χ4v) is 2.03. The third-order valence-electron chi connectivity index (χ3n) is 2.99. The lowest BCUT2D eigenvalue weighted by molar-refractivity contribution is -0.137. The van der Waals surface area contributed by atoms with Gasteiger partial charge in [0.05, 0.1) is 13.2 Å². The molecule has 0 fully saturated rings. The Balaban J connectivity index is 2.96. The number of methoxy groups -OCH3 is 1. The third kappa shape index (κ3) is 3.79. The Bertz CT molecular complexity index is 473. The lowest BCUT2D eigenvalue weighted by atomic mass is 9.93. The molecule has 104 valence electrons. The number of ether oxygens (including phenoxy) is 1. The molecule has 0 spiro atoms. The minimum atomic E-state index is -0.952. The molecule has 0 saturated carbocycles. The van der Waals surface area contributed by atoms with Gasteiger partial charge in [-0.1, -0.05) is 0 Å². The van der Waals surface area contributed by atoms with Crippen LogP contribution in [-0.4, -0.2) is 30.0 Å². The van der Waals surface area contributed by atoms with Gasteiger partial charge in [-0.3, -0.25) is 9.59 Å². The molecular formula is C14H19NO4. The number of rotatable bonds is 6. The van der Waals surface area contributed by atoms with E-state index in [0.717, 1.165) is 11.1 Å². The molecule has 0 heterocycles. The van der Waals surface area contributed by atoms with E-state index >= 15 is 0 Å². The molecule has 19 heavy (non-hydrogen) atoms. The van der Waals surface area contributed by atoms with Crippen LogP contribution in [-0.2, 0) is 4.79 Å². The highest BCUT2D eigenvalue weighted by molar-refractivity contribution is 6.02. The fraction of sp³-hybridized carbons (Fsp3) is 0.429. The number of Topliss-reactive ketones (excluding diaryl/α,β-unsaturated/α-hetero) is 1. The van der Waals surface area contributed by atoms with Crippen molar-refractivity contribution in [2.45, 2.75) is 32.7 Å². The van der Waals surface area contributed by atoms with Crippen LogP contribution in [0.25, 0.3) is 0 Å². The van der Waals surface area contributed by atoms with E-state index in [1.165, 1.54) is 0 Å². The fourth-order valence-electron chi connectivity index (χ4n) is 2.03. The number of nitrogens with two attached hydrogens (primary N) is 1. The van der Waals surface area contributed by atoms with Gasteiger partial charge in [-0.25, -0.2) is 0 Å². The Morgan fingerprint density at radius 1 is 1.32 bits per heavy atom. The van der Waals surface area contributed by atoms with Gasteiger partial charge in [0, 0.05) is 12.0 Å². The summed E-state index contributed by atoms with van der Waals surface area (Å²) in [7, 11) is 1.56. The van der Waals surface area contributed by atoms with Gasteiger partial charge in [-0.15, -0.1) is 0 Å². The molecule has 1 unspecified atom stereocenters. The zero-order valence-electron chi connectivity index (χ0n) is 11.4. The Kier molecular flexibility index (Phi) is 5.06. The number of aliphatic carboxylic acids is 1. The number of carbonyl (C=O) groups excluding carboxylic acids is 1. The molecule has 1 atom stereocenters. The average Bonchev–Trinajstić information content (AvgIpc) is 2.34. The number of hydrogen-bond acceptors (Lipinski definition) is 4. The van der Waals surface area contributed by atoms with Gasteiger partial charge < -0.3 is 15.6 Å². The molecule has 5 heteroatoms. The Morgan fingerprint density at radius 3 is 2.26 bits per heavy atom. The largest absolute Gasteiger partial charge is 0.497 e. The molecule has 3 N–H and O–H groups in total. The average molecular weight is 265 g/mol. The van der Waals surface area contributed by atoms with E-state index in [0.29, 0.717) is 11.3 Å². The minimum Gasteiger partial charge on any atom is -0.497 e. The number of carboxylic acid groups (broad SMARTS) is 1. The van der Waals surface area contributed by atoms with Crippen LogP contribution < -0.4 is 10.5 Å². The smallest absolute Gasteiger partial charge is 0.303 e. The van der Waals surface area contributed by atoms with E-state index in [1.54, 1.807) is 19.2 Å². The standard InChI is InChI=1S/C14H19NO4/c1-8-6-10(19-3)7-9(2)13(8)14(18)11(15)4-5-12(16)17/h6-7,11H,4-5,15H2,1-3H3,(H,16,17). The molecule has 0 radical (unpaired) electrons. The molecule has 1 aromatic rings. The van der Waals surface area contributed by atoms with Crippen molar-refractivity contribution in [1.29, 1.82) is 0 Å². The molecule has 1 aromatic carbocycles. The summed E-state index contributed by atoms with van der Waals surface area (Å²) in [5.41, 5.74) is 7.89. The predicted octanol–water partition coefficient (Wildman–Crippen LogP) is 1.69. The highest BCUT2D eigenvalue weighted by atomic mass is 16.5. The van der Waals surface area contributed by atoms with Crippen molar-refractivity contribution < 1.29 is 19.4 Å². The van der Waals surface area contributed by atoms with Gasteiger partial charge in [0.2, 0.25) is 0 Å². The first kappa shape index (κ1) is 15.2. The van der Waals surface area contributed by atoms with Crippen molar-refractivity contribution in [3.05, 3.63) is 28.8 Å². The van der Waals surface area contributed by atoms with Crippen LogP contribution in [0.15, 0.2) is 12.1 Å². The van der Waals surface area contributed by atoms with Crippen molar-refractivity contribution in [2.75, 3.05) is 7.11 Å². The minimum absolute atomic E-state index is 0.110. The highest BCUT2D eigenvalue weighted by Gasteiger charge is 2.21. The van der Waals surface area contributed by atoms with Crippen LogP contribution in [0.4, 0.5) is 0 Å². The Labute approximate surface area is 112 Å². The highest BCUT2D eigenvalue weighted by Crippen LogP contribution is 2.23. The number of aryl methyl sites for hydroxylation is 2. The van der Waals surface area contributed by atoms with Crippen molar-refractivity contribution in [3.63, 3.8) is 0 Å². The molecular weight excluding hydrogens is 246 g/mol. The molecule has 1 rings (SSSR count).